The fourth-order valence-corrected chi connectivity index (χ4v) is 4.09. The Morgan fingerprint density at radius 2 is 1.88 bits per heavy atom. The van der Waals surface area contributed by atoms with Crippen LogP contribution in [0.5, 0.6) is 0 Å². The van der Waals surface area contributed by atoms with Crippen molar-refractivity contribution in [3.05, 3.63) is 35.9 Å². The highest BCUT2D eigenvalue weighted by molar-refractivity contribution is 7.99. The second-order valence-electron chi connectivity index (χ2n) is 6.95. The summed E-state index contributed by atoms with van der Waals surface area (Å²) < 4.78 is 0. The first-order valence-electron chi connectivity index (χ1n) is 8.53. The zero-order chi connectivity index (χ0) is 19.0. The highest BCUT2D eigenvalue weighted by Gasteiger charge is 2.32. The zero-order valence-electron chi connectivity index (χ0n) is 15.4. The van der Waals surface area contributed by atoms with E-state index in [1.54, 1.807) is 18.7 Å². The van der Waals surface area contributed by atoms with Crippen LogP contribution in [0.1, 0.15) is 44.9 Å². The second kappa shape index (κ2) is 10.1. The summed E-state index contributed by atoms with van der Waals surface area (Å²) in [6.45, 7) is 8.26. The average Bonchev–Trinajstić information content (AvgIpc) is 2.60. The highest BCUT2D eigenvalue weighted by Crippen LogP contribution is 2.46. The van der Waals surface area contributed by atoms with Gasteiger partial charge in [0.2, 0.25) is 5.91 Å². The largest absolute Gasteiger partial charge is 0.480 e. The first kappa shape index (κ1) is 21.9. The molecule has 3 unspecified atom stereocenters. The Morgan fingerprint density at radius 3 is 2.36 bits per heavy atom. The predicted molar refractivity (Wildman–Crippen MR) is 108 cm³/mol. The number of carbonyl (C=O) groups excluding carboxylic acids is 1. The minimum atomic E-state index is -1.01. The van der Waals surface area contributed by atoms with E-state index in [9.17, 15) is 14.7 Å². The van der Waals surface area contributed by atoms with Gasteiger partial charge in [-0.2, -0.15) is 24.4 Å². The van der Waals surface area contributed by atoms with Crippen molar-refractivity contribution in [2.45, 2.75) is 45.4 Å². The van der Waals surface area contributed by atoms with Crippen LogP contribution in [-0.4, -0.2) is 34.5 Å². The number of carboxylic acids is 1. The van der Waals surface area contributed by atoms with Gasteiger partial charge in [0.15, 0.2) is 0 Å². The van der Waals surface area contributed by atoms with E-state index < -0.39 is 12.0 Å². The van der Waals surface area contributed by atoms with Crippen LogP contribution in [-0.2, 0) is 9.59 Å². The quantitative estimate of drug-likeness (QED) is 0.534. The van der Waals surface area contributed by atoms with E-state index in [-0.39, 0.29) is 22.5 Å². The van der Waals surface area contributed by atoms with Gasteiger partial charge in [0.1, 0.15) is 6.04 Å². The molecule has 0 saturated carbocycles. The number of benzene rings is 1. The van der Waals surface area contributed by atoms with Gasteiger partial charge in [-0.1, -0.05) is 58.0 Å². The Bertz CT molecular complexity index is 563. The van der Waals surface area contributed by atoms with Crippen LogP contribution in [0.3, 0.4) is 0 Å². The molecule has 1 aromatic carbocycles. The van der Waals surface area contributed by atoms with Crippen molar-refractivity contribution < 1.29 is 14.7 Å². The van der Waals surface area contributed by atoms with Gasteiger partial charge in [-0.3, -0.25) is 4.79 Å². The molecule has 25 heavy (non-hydrogen) atoms. The topological polar surface area (TPSA) is 66.4 Å². The molecule has 0 spiro atoms. The van der Waals surface area contributed by atoms with Crippen molar-refractivity contribution in [2.24, 2.45) is 11.3 Å². The third-order valence-corrected chi connectivity index (χ3v) is 6.81. The van der Waals surface area contributed by atoms with E-state index in [0.717, 1.165) is 6.42 Å². The number of hydrogen-bond acceptors (Lipinski definition) is 4. The van der Waals surface area contributed by atoms with Crippen LogP contribution < -0.4 is 5.32 Å². The molecule has 1 aromatic rings. The summed E-state index contributed by atoms with van der Waals surface area (Å²) in [5.41, 5.74) is 1.19. The summed E-state index contributed by atoms with van der Waals surface area (Å²) >= 11 is 5.69. The number of thioether (sulfide) groups is 1. The number of nitrogens with one attached hydrogen (secondary N) is 1. The highest BCUT2D eigenvalue weighted by atomic mass is 32.2. The first-order valence-corrected chi connectivity index (χ1v) is 10.2. The lowest BCUT2D eigenvalue weighted by atomic mass is 9.83. The summed E-state index contributed by atoms with van der Waals surface area (Å²) in [6.07, 6.45) is 0.973. The zero-order valence-corrected chi connectivity index (χ0v) is 17.1. The van der Waals surface area contributed by atoms with E-state index in [4.69, 9.17) is 0 Å². The van der Waals surface area contributed by atoms with Crippen molar-refractivity contribution in [1.82, 2.24) is 5.32 Å². The Labute approximate surface area is 160 Å². The molecule has 1 amide bonds. The summed E-state index contributed by atoms with van der Waals surface area (Å²) in [5.74, 6) is -0.876. The van der Waals surface area contributed by atoms with E-state index in [0.29, 0.717) is 11.5 Å². The van der Waals surface area contributed by atoms with Crippen LogP contribution in [0.2, 0.25) is 0 Å². The number of carboxylic acid groups (broad SMARTS) is 1. The normalized spacial score (nSPS) is 15.2. The van der Waals surface area contributed by atoms with Gasteiger partial charge in [0, 0.05) is 22.7 Å². The molecule has 0 aliphatic heterocycles. The fourth-order valence-electron chi connectivity index (χ4n) is 2.35. The maximum atomic E-state index is 12.0. The number of hydrogen-bond donors (Lipinski definition) is 3. The van der Waals surface area contributed by atoms with E-state index in [1.165, 1.54) is 5.56 Å². The molecule has 3 atom stereocenters. The number of thiol groups is 1. The van der Waals surface area contributed by atoms with Crippen molar-refractivity contribution in [1.29, 1.82) is 0 Å². The average molecular weight is 384 g/mol. The van der Waals surface area contributed by atoms with Gasteiger partial charge in [-0.05, 0) is 17.4 Å². The summed E-state index contributed by atoms with van der Waals surface area (Å²) in [5, 5.41) is 12.3. The summed E-state index contributed by atoms with van der Waals surface area (Å²) in [4.78, 5) is 23.6. The molecule has 0 aliphatic carbocycles. The molecule has 0 aromatic heterocycles. The Balaban J connectivity index is 2.89. The predicted octanol–water partition coefficient (Wildman–Crippen LogP) is 4.03. The molecule has 0 heterocycles. The van der Waals surface area contributed by atoms with E-state index in [1.807, 2.05) is 18.2 Å². The maximum Gasteiger partial charge on any atom is 0.327 e. The molecule has 2 N–H and O–H groups in total. The Hall–Kier alpha value is -1.14. The van der Waals surface area contributed by atoms with Gasteiger partial charge in [-0.15, -0.1) is 0 Å². The Morgan fingerprint density at radius 1 is 1.28 bits per heavy atom. The summed E-state index contributed by atoms with van der Waals surface area (Å²) in [7, 11) is 0. The van der Waals surface area contributed by atoms with Crippen LogP contribution in [0.4, 0.5) is 0 Å². The lowest BCUT2D eigenvalue weighted by Crippen LogP contribution is -2.45. The van der Waals surface area contributed by atoms with Crippen LogP contribution in [0.25, 0.3) is 0 Å². The van der Waals surface area contributed by atoms with Crippen molar-refractivity contribution in [3.8, 4) is 0 Å². The molecule has 140 valence electrons. The van der Waals surface area contributed by atoms with Gasteiger partial charge < -0.3 is 10.4 Å². The van der Waals surface area contributed by atoms with E-state index >= 15 is 0 Å². The second-order valence-corrected chi connectivity index (χ2v) is 8.45. The van der Waals surface area contributed by atoms with Gasteiger partial charge in [0.05, 0.1) is 0 Å². The molecule has 4 nitrogen and oxygen atoms in total. The molecule has 0 bridgehead atoms. The minimum Gasteiger partial charge on any atom is -0.480 e. The summed E-state index contributed by atoms with van der Waals surface area (Å²) in [6, 6.07) is 9.22. The lowest BCUT2D eigenvalue weighted by molar-refractivity contribution is -0.141. The third-order valence-electron chi connectivity index (χ3n) is 4.49. The fraction of sp³-hybridized carbons (Fsp3) is 0.579. The molecule has 0 saturated heterocycles. The van der Waals surface area contributed by atoms with Crippen LogP contribution >= 0.6 is 24.4 Å². The van der Waals surface area contributed by atoms with Crippen molar-refractivity contribution >= 4 is 36.3 Å². The Kier molecular flexibility index (Phi) is 8.86. The minimum absolute atomic E-state index is 0.0114. The number of aliphatic carboxylic acids is 1. The van der Waals surface area contributed by atoms with Crippen molar-refractivity contribution in [2.75, 3.05) is 11.5 Å². The number of rotatable bonds is 10. The van der Waals surface area contributed by atoms with Crippen LogP contribution in [0.15, 0.2) is 30.3 Å². The molecule has 0 fully saturated rings. The molecule has 0 radical (unpaired) electrons. The smallest absolute Gasteiger partial charge is 0.327 e. The SMILES string of the molecule is CCC(C)(C)C(SCC(NC(=O)C(C)CS)C(=O)O)c1ccccc1. The third kappa shape index (κ3) is 6.59. The van der Waals surface area contributed by atoms with Crippen molar-refractivity contribution in [3.63, 3.8) is 0 Å². The number of amides is 1. The van der Waals surface area contributed by atoms with Gasteiger partial charge in [-0.25, -0.2) is 4.79 Å². The standard InChI is InChI=1S/C19H29NO3S2/c1-5-19(3,4)16(14-9-7-6-8-10-14)25-12-15(18(22)23)20-17(21)13(2)11-24/h6-10,13,15-16,24H,5,11-12H2,1-4H3,(H,20,21)(H,22,23). The maximum absolute atomic E-state index is 12.0. The molecular formula is C19H29NO3S2. The van der Waals surface area contributed by atoms with Crippen LogP contribution in [0, 0.1) is 11.3 Å². The number of carbonyl (C=O) groups is 2. The molecule has 6 heteroatoms. The molecule has 1 rings (SSSR count). The molecular weight excluding hydrogens is 354 g/mol. The molecule has 0 aliphatic rings. The van der Waals surface area contributed by atoms with Gasteiger partial charge in [0.25, 0.3) is 0 Å². The lowest BCUT2D eigenvalue weighted by Gasteiger charge is -2.34. The van der Waals surface area contributed by atoms with E-state index in [2.05, 4.69) is 50.8 Å². The van der Waals surface area contributed by atoms with Gasteiger partial charge >= 0.3 is 5.97 Å². The first-order chi connectivity index (χ1) is 11.7. The monoisotopic (exact) mass is 383 g/mol.